The minimum absolute atomic E-state index is 0.0518. The van der Waals surface area contributed by atoms with Crippen molar-refractivity contribution >= 4 is 11.6 Å². The highest BCUT2D eigenvalue weighted by atomic mass is 16.5. The first-order valence-electron chi connectivity index (χ1n) is 6.76. The van der Waals surface area contributed by atoms with Crippen LogP contribution < -0.4 is 15.0 Å². The van der Waals surface area contributed by atoms with Crippen LogP contribution in [0.2, 0.25) is 0 Å². The van der Waals surface area contributed by atoms with E-state index < -0.39 is 0 Å². The Bertz CT molecular complexity index is 482. The molecule has 0 heterocycles. The van der Waals surface area contributed by atoms with E-state index >= 15 is 0 Å². The van der Waals surface area contributed by atoms with Crippen LogP contribution in [0.25, 0.3) is 0 Å². The van der Waals surface area contributed by atoms with Gasteiger partial charge in [-0.3, -0.25) is 4.79 Å². The summed E-state index contributed by atoms with van der Waals surface area (Å²) in [6.07, 6.45) is 0. The number of carbonyl (C=O) groups excluding carboxylic acids is 1. The van der Waals surface area contributed by atoms with Crippen LogP contribution in [0, 0.1) is 17.2 Å². The van der Waals surface area contributed by atoms with Crippen LogP contribution >= 0.6 is 0 Å². The molecule has 1 unspecified atom stereocenters. The minimum Gasteiger partial charge on any atom is -0.495 e. The molecule has 0 spiro atoms. The molecular formula is C15H22N3O2+. The number of para-hydroxylation sites is 2. The molecule has 2 atom stereocenters. The van der Waals surface area contributed by atoms with Crippen LogP contribution in [-0.4, -0.2) is 32.7 Å². The summed E-state index contributed by atoms with van der Waals surface area (Å²) >= 11 is 0. The van der Waals surface area contributed by atoms with E-state index in [1.807, 2.05) is 26.0 Å². The van der Waals surface area contributed by atoms with Crippen molar-refractivity contribution in [1.29, 1.82) is 5.26 Å². The summed E-state index contributed by atoms with van der Waals surface area (Å²) < 4.78 is 5.19. The van der Waals surface area contributed by atoms with E-state index in [2.05, 4.69) is 11.4 Å². The summed E-state index contributed by atoms with van der Waals surface area (Å²) in [7, 11) is 1.57. The van der Waals surface area contributed by atoms with E-state index in [1.165, 1.54) is 0 Å². The monoisotopic (exact) mass is 276 g/mol. The van der Waals surface area contributed by atoms with Gasteiger partial charge in [-0.05, 0) is 26.0 Å². The minimum atomic E-state index is -0.0727. The Morgan fingerprint density at radius 2 is 2.20 bits per heavy atom. The summed E-state index contributed by atoms with van der Waals surface area (Å²) in [6, 6.07) is 9.51. The highest BCUT2D eigenvalue weighted by Gasteiger charge is 2.16. The quantitative estimate of drug-likeness (QED) is 0.770. The van der Waals surface area contributed by atoms with Gasteiger partial charge in [-0.25, -0.2) is 0 Å². The Labute approximate surface area is 120 Å². The lowest BCUT2D eigenvalue weighted by molar-refractivity contribution is -0.892. The third kappa shape index (κ3) is 4.90. The number of benzene rings is 1. The second kappa shape index (κ2) is 8.18. The second-order valence-corrected chi connectivity index (χ2v) is 4.76. The summed E-state index contributed by atoms with van der Waals surface area (Å²) in [5.74, 6) is 0.518. The fourth-order valence-corrected chi connectivity index (χ4v) is 1.99. The first kappa shape index (κ1) is 16.0. The number of hydrogen-bond donors (Lipinski definition) is 2. The summed E-state index contributed by atoms with van der Waals surface area (Å²) in [5, 5.41) is 11.7. The predicted octanol–water partition coefficient (Wildman–Crippen LogP) is 0.698. The number of hydrogen-bond acceptors (Lipinski definition) is 3. The lowest BCUT2D eigenvalue weighted by Crippen LogP contribution is -3.13. The number of rotatable bonds is 7. The van der Waals surface area contributed by atoms with Crippen molar-refractivity contribution in [3.05, 3.63) is 24.3 Å². The maximum Gasteiger partial charge on any atom is 0.279 e. The van der Waals surface area contributed by atoms with E-state index in [0.29, 0.717) is 24.5 Å². The molecule has 0 aliphatic rings. The van der Waals surface area contributed by atoms with E-state index in [4.69, 9.17) is 10.00 Å². The molecule has 0 bridgehead atoms. The number of nitrogens with zero attached hydrogens (tertiary/aromatic N) is 1. The molecule has 20 heavy (non-hydrogen) atoms. The molecule has 1 rings (SSSR count). The molecule has 0 saturated carbocycles. The van der Waals surface area contributed by atoms with Crippen LogP contribution in [0.4, 0.5) is 5.69 Å². The molecule has 1 aromatic rings. The van der Waals surface area contributed by atoms with E-state index in [1.54, 1.807) is 19.2 Å². The molecule has 1 aromatic carbocycles. The van der Waals surface area contributed by atoms with Crippen molar-refractivity contribution in [2.24, 2.45) is 5.92 Å². The van der Waals surface area contributed by atoms with Gasteiger partial charge in [0.1, 0.15) is 5.75 Å². The highest BCUT2D eigenvalue weighted by Crippen LogP contribution is 2.22. The summed E-state index contributed by atoms with van der Waals surface area (Å²) in [4.78, 5) is 13.1. The normalized spacial score (nSPS) is 13.1. The van der Waals surface area contributed by atoms with E-state index in [-0.39, 0.29) is 11.8 Å². The zero-order chi connectivity index (χ0) is 15.0. The molecule has 0 aliphatic heterocycles. The molecule has 5 heteroatoms. The average Bonchev–Trinajstić information content (AvgIpc) is 2.46. The Balaban J connectivity index is 2.60. The molecule has 0 fully saturated rings. The van der Waals surface area contributed by atoms with Gasteiger partial charge >= 0.3 is 0 Å². The lowest BCUT2D eigenvalue weighted by Gasteiger charge is -2.18. The number of anilines is 1. The van der Waals surface area contributed by atoms with E-state index in [0.717, 1.165) is 11.4 Å². The van der Waals surface area contributed by atoms with Crippen molar-refractivity contribution in [2.45, 2.75) is 13.8 Å². The van der Waals surface area contributed by atoms with Gasteiger partial charge in [-0.2, -0.15) is 5.26 Å². The number of quaternary nitrogens is 1. The number of ether oxygens (including phenoxy) is 1. The van der Waals surface area contributed by atoms with Crippen molar-refractivity contribution in [3.8, 4) is 11.8 Å². The number of methoxy groups -OCH3 is 1. The van der Waals surface area contributed by atoms with E-state index in [9.17, 15) is 4.79 Å². The molecule has 0 aliphatic carbocycles. The smallest absolute Gasteiger partial charge is 0.279 e. The average molecular weight is 276 g/mol. The number of nitrogens with one attached hydrogen (secondary N) is 2. The largest absolute Gasteiger partial charge is 0.495 e. The SMILES string of the molecule is CC[NH+](CC(=O)Nc1ccccc1OC)C[C@@H](C)C#N. The molecule has 0 radical (unpaired) electrons. The Morgan fingerprint density at radius 3 is 2.80 bits per heavy atom. The Kier molecular flexibility index (Phi) is 6.54. The number of nitriles is 1. The zero-order valence-electron chi connectivity index (χ0n) is 12.3. The van der Waals surface area contributed by atoms with Gasteiger partial charge in [-0.15, -0.1) is 0 Å². The molecular weight excluding hydrogens is 254 g/mol. The van der Waals surface area contributed by atoms with Gasteiger partial charge < -0.3 is 15.0 Å². The molecule has 0 saturated heterocycles. The van der Waals surface area contributed by atoms with Crippen LogP contribution in [-0.2, 0) is 4.79 Å². The third-order valence-electron chi connectivity index (χ3n) is 3.11. The summed E-state index contributed by atoms with van der Waals surface area (Å²) in [5.41, 5.74) is 0.670. The van der Waals surface area contributed by atoms with Crippen LogP contribution in [0.3, 0.4) is 0 Å². The van der Waals surface area contributed by atoms with Crippen LogP contribution in [0.15, 0.2) is 24.3 Å². The van der Waals surface area contributed by atoms with Gasteiger partial charge in [-0.1, -0.05) is 12.1 Å². The van der Waals surface area contributed by atoms with Gasteiger partial charge in [0, 0.05) is 0 Å². The fraction of sp³-hybridized carbons (Fsp3) is 0.467. The predicted molar refractivity (Wildman–Crippen MR) is 77.6 cm³/mol. The first-order chi connectivity index (χ1) is 9.60. The topological polar surface area (TPSA) is 66.6 Å². The lowest BCUT2D eigenvalue weighted by atomic mass is 10.2. The van der Waals surface area contributed by atoms with Crippen molar-refractivity contribution in [1.82, 2.24) is 0 Å². The van der Waals surface area contributed by atoms with Crippen LogP contribution in [0.5, 0.6) is 5.75 Å². The number of carbonyl (C=O) groups is 1. The maximum atomic E-state index is 12.0. The first-order valence-corrected chi connectivity index (χ1v) is 6.76. The van der Waals surface area contributed by atoms with Gasteiger partial charge in [0.05, 0.1) is 37.9 Å². The molecule has 108 valence electrons. The molecule has 0 aromatic heterocycles. The third-order valence-corrected chi connectivity index (χ3v) is 3.11. The van der Waals surface area contributed by atoms with Gasteiger partial charge in [0.15, 0.2) is 6.54 Å². The number of likely N-dealkylation sites (N-methyl/N-ethyl adjacent to an activating group) is 1. The van der Waals surface area contributed by atoms with Crippen molar-refractivity contribution in [3.63, 3.8) is 0 Å². The highest BCUT2D eigenvalue weighted by molar-refractivity contribution is 5.92. The fourth-order valence-electron chi connectivity index (χ4n) is 1.99. The van der Waals surface area contributed by atoms with Gasteiger partial charge in [0.25, 0.3) is 5.91 Å². The Hall–Kier alpha value is -2.06. The zero-order valence-corrected chi connectivity index (χ0v) is 12.3. The maximum absolute atomic E-state index is 12.0. The van der Waals surface area contributed by atoms with Crippen molar-refractivity contribution in [2.75, 3.05) is 32.1 Å². The van der Waals surface area contributed by atoms with Crippen LogP contribution in [0.1, 0.15) is 13.8 Å². The standard InChI is InChI=1S/C15H21N3O2/c1-4-18(10-12(2)9-16)11-15(19)17-13-7-5-6-8-14(13)20-3/h5-8,12H,4,10-11H2,1-3H3,(H,17,19)/p+1/t12-/m0/s1. The molecule has 2 N–H and O–H groups in total. The van der Waals surface area contributed by atoms with Crippen molar-refractivity contribution < 1.29 is 14.4 Å². The number of amides is 1. The van der Waals surface area contributed by atoms with Gasteiger partial charge in [0.2, 0.25) is 0 Å². The molecule has 1 amide bonds. The summed E-state index contributed by atoms with van der Waals surface area (Å²) in [6.45, 7) is 5.71. The molecule has 5 nitrogen and oxygen atoms in total. The second-order valence-electron chi connectivity index (χ2n) is 4.76. The Morgan fingerprint density at radius 1 is 1.50 bits per heavy atom.